The number of rotatable bonds is 2. The molecule has 1 aromatic carbocycles. The molecule has 3 heteroatoms. The topological polar surface area (TPSA) is 43.8 Å². The second kappa shape index (κ2) is 4.82. The molecule has 1 aliphatic heterocycles. The minimum absolute atomic E-state index is 0.516. The largest absolute Gasteiger partial charge is 0.325 e. The van der Waals surface area contributed by atoms with Crippen LogP contribution in [0.25, 0.3) is 11.1 Å². The molecule has 0 spiro atoms. The van der Waals surface area contributed by atoms with Crippen LogP contribution in [-0.2, 0) is 19.5 Å². The molecule has 100 valence electrons. The summed E-state index contributed by atoms with van der Waals surface area (Å²) < 4.78 is 2.16. The molecule has 0 unspecified atom stereocenters. The van der Waals surface area contributed by atoms with Crippen LogP contribution in [0.4, 0.5) is 0 Å². The van der Waals surface area contributed by atoms with Crippen molar-refractivity contribution in [2.75, 3.05) is 0 Å². The molecule has 2 aromatic rings. The number of nitrogens with zero attached hydrogens (tertiary/aromatic N) is 2. The first-order chi connectivity index (χ1) is 9.20. The Labute approximate surface area is 114 Å². The van der Waals surface area contributed by atoms with E-state index in [1.54, 1.807) is 0 Å². The van der Waals surface area contributed by atoms with Crippen molar-refractivity contribution in [1.29, 1.82) is 0 Å². The van der Waals surface area contributed by atoms with Crippen LogP contribution in [0.3, 0.4) is 0 Å². The van der Waals surface area contributed by atoms with Crippen LogP contribution in [0.2, 0.25) is 0 Å². The fraction of sp³-hybridized carbons (Fsp3) is 0.438. The molecule has 1 aliphatic rings. The van der Waals surface area contributed by atoms with Gasteiger partial charge in [0.2, 0.25) is 0 Å². The molecule has 19 heavy (non-hydrogen) atoms. The van der Waals surface area contributed by atoms with Gasteiger partial charge in [-0.25, -0.2) is 0 Å². The third kappa shape index (κ3) is 2.08. The zero-order valence-corrected chi connectivity index (χ0v) is 11.7. The fourth-order valence-electron chi connectivity index (χ4n) is 2.92. The average Bonchev–Trinajstić information content (AvgIpc) is 2.80. The minimum Gasteiger partial charge on any atom is -0.325 e. The zero-order valence-electron chi connectivity index (χ0n) is 11.7. The lowest BCUT2D eigenvalue weighted by molar-refractivity contribution is 0.484. The summed E-state index contributed by atoms with van der Waals surface area (Å²) in [4.78, 5) is 0. The Hall–Kier alpha value is -1.61. The Morgan fingerprint density at radius 2 is 2.05 bits per heavy atom. The second-order valence-electron chi connectivity index (χ2n) is 5.45. The van der Waals surface area contributed by atoms with Crippen LogP contribution in [0.1, 0.15) is 35.4 Å². The number of hydrogen-bond donors (Lipinski definition) is 1. The number of aryl methyl sites for hydroxylation is 3. The van der Waals surface area contributed by atoms with Gasteiger partial charge in [-0.15, -0.1) is 0 Å². The van der Waals surface area contributed by atoms with E-state index in [2.05, 4.69) is 41.8 Å². The van der Waals surface area contributed by atoms with E-state index in [0.717, 1.165) is 18.7 Å². The van der Waals surface area contributed by atoms with Crippen LogP contribution < -0.4 is 5.73 Å². The molecule has 0 radical (unpaired) electrons. The molecule has 0 saturated heterocycles. The van der Waals surface area contributed by atoms with Gasteiger partial charge in [0.1, 0.15) is 0 Å². The summed E-state index contributed by atoms with van der Waals surface area (Å²) in [6.45, 7) is 5.86. The number of nitrogens with two attached hydrogens (primary N) is 1. The first kappa shape index (κ1) is 12.4. The van der Waals surface area contributed by atoms with Gasteiger partial charge in [0.05, 0.1) is 5.69 Å². The first-order valence-electron chi connectivity index (χ1n) is 7.07. The maximum Gasteiger partial charge on any atom is 0.0841 e. The van der Waals surface area contributed by atoms with Crippen LogP contribution >= 0.6 is 0 Å². The summed E-state index contributed by atoms with van der Waals surface area (Å²) in [6.07, 6.45) is 3.61. The second-order valence-corrected chi connectivity index (χ2v) is 5.45. The number of hydrogen-bond acceptors (Lipinski definition) is 2. The van der Waals surface area contributed by atoms with Gasteiger partial charge < -0.3 is 5.73 Å². The predicted octanol–water partition coefficient (Wildman–Crippen LogP) is 2.96. The van der Waals surface area contributed by atoms with Gasteiger partial charge in [-0.2, -0.15) is 5.10 Å². The highest BCUT2D eigenvalue weighted by molar-refractivity contribution is 5.70. The van der Waals surface area contributed by atoms with E-state index in [0.29, 0.717) is 6.54 Å². The van der Waals surface area contributed by atoms with Gasteiger partial charge in [-0.1, -0.05) is 18.2 Å². The number of fused-ring (bicyclic) bond motifs is 1. The van der Waals surface area contributed by atoms with E-state index < -0.39 is 0 Å². The van der Waals surface area contributed by atoms with Crippen molar-refractivity contribution in [3.8, 4) is 11.1 Å². The summed E-state index contributed by atoms with van der Waals surface area (Å²) >= 11 is 0. The highest BCUT2D eigenvalue weighted by Crippen LogP contribution is 2.32. The van der Waals surface area contributed by atoms with Crippen molar-refractivity contribution >= 4 is 0 Å². The molecule has 0 bridgehead atoms. The molecule has 2 heterocycles. The molecular formula is C16H21N3. The van der Waals surface area contributed by atoms with Crippen molar-refractivity contribution in [1.82, 2.24) is 9.78 Å². The lowest BCUT2D eigenvalue weighted by Gasteiger charge is -2.15. The molecule has 0 aliphatic carbocycles. The van der Waals surface area contributed by atoms with E-state index >= 15 is 0 Å². The summed E-state index contributed by atoms with van der Waals surface area (Å²) in [7, 11) is 0. The SMILES string of the molecule is Cc1ccc(-c2c(CN)nn3c2CCCC3)cc1C. The van der Waals surface area contributed by atoms with Gasteiger partial charge in [-0.05, 0) is 49.8 Å². The number of benzene rings is 1. The molecule has 2 N–H and O–H groups in total. The molecule has 0 amide bonds. The lowest BCUT2D eigenvalue weighted by atomic mass is 9.96. The van der Waals surface area contributed by atoms with Gasteiger partial charge >= 0.3 is 0 Å². The maximum atomic E-state index is 5.89. The van der Waals surface area contributed by atoms with E-state index in [-0.39, 0.29) is 0 Å². The van der Waals surface area contributed by atoms with E-state index in [4.69, 9.17) is 5.73 Å². The van der Waals surface area contributed by atoms with Crippen molar-refractivity contribution in [2.24, 2.45) is 5.73 Å². The quantitative estimate of drug-likeness (QED) is 0.896. The average molecular weight is 255 g/mol. The highest BCUT2D eigenvalue weighted by Gasteiger charge is 2.20. The number of aromatic nitrogens is 2. The van der Waals surface area contributed by atoms with Gasteiger partial charge in [0, 0.05) is 24.3 Å². The fourth-order valence-corrected chi connectivity index (χ4v) is 2.92. The summed E-state index contributed by atoms with van der Waals surface area (Å²) in [5.74, 6) is 0. The van der Waals surface area contributed by atoms with Crippen LogP contribution in [0, 0.1) is 13.8 Å². The van der Waals surface area contributed by atoms with Crippen LogP contribution in [0.5, 0.6) is 0 Å². The smallest absolute Gasteiger partial charge is 0.0841 e. The van der Waals surface area contributed by atoms with Crippen molar-refractivity contribution < 1.29 is 0 Å². The predicted molar refractivity (Wildman–Crippen MR) is 78.0 cm³/mol. The third-order valence-corrected chi connectivity index (χ3v) is 4.15. The van der Waals surface area contributed by atoms with Crippen molar-refractivity contribution in [3.63, 3.8) is 0 Å². The first-order valence-corrected chi connectivity index (χ1v) is 7.07. The van der Waals surface area contributed by atoms with Crippen molar-refractivity contribution in [3.05, 3.63) is 40.7 Å². The van der Waals surface area contributed by atoms with Gasteiger partial charge in [0.15, 0.2) is 0 Å². The lowest BCUT2D eigenvalue weighted by Crippen LogP contribution is -2.11. The Balaban J connectivity index is 2.17. The van der Waals surface area contributed by atoms with Crippen LogP contribution in [-0.4, -0.2) is 9.78 Å². The molecule has 3 rings (SSSR count). The normalized spacial score (nSPS) is 14.5. The maximum absolute atomic E-state index is 5.89. The molecule has 3 nitrogen and oxygen atoms in total. The molecule has 0 atom stereocenters. The Kier molecular flexibility index (Phi) is 3.15. The Morgan fingerprint density at radius 1 is 1.21 bits per heavy atom. The summed E-state index contributed by atoms with van der Waals surface area (Å²) in [5, 5.41) is 4.69. The van der Waals surface area contributed by atoms with E-state index in [1.807, 2.05) is 0 Å². The molecule has 1 aromatic heterocycles. The van der Waals surface area contributed by atoms with Gasteiger partial charge in [0.25, 0.3) is 0 Å². The van der Waals surface area contributed by atoms with Crippen molar-refractivity contribution in [2.45, 2.75) is 46.2 Å². The van der Waals surface area contributed by atoms with Gasteiger partial charge in [-0.3, -0.25) is 4.68 Å². The Morgan fingerprint density at radius 3 is 2.79 bits per heavy atom. The minimum atomic E-state index is 0.516. The van der Waals surface area contributed by atoms with E-state index in [9.17, 15) is 0 Å². The zero-order chi connectivity index (χ0) is 13.4. The monoisotopic (exact) mass is 255 g/mol. The summed E-state index contributed by atoms with van der Waals surface area (Å²) in [5.41, 5.74) is 13.5. The van der Waals surface area contributed by atoms with E-state index in [1.165, 1.54) is 40.8 Å². The highest BCUT2D eigenvalue weighted by atomic mass is 15.3. The molecule has 0 fully saturated rings. The third-order valence-electron chi connectivity index (χ3n) is 4.15. The standard InChI is InChI=1S/C16H21N3/c1-11-6-7-13(9-12(11)2)16-14(10-17)18-19-8-4-3-5-15(16)19/h6-7,9H,3-5,8,10,17H2,1-2H3. The van der Waals surface area contributed by atoms with Crippen LogP contribution in [0.15, 0.2) is 18.2 Å². The Bertz CT molecular complexity index is 611. The molecular weight excluding hydrogens is 234 g/mol. The summed E-state index contributed by atoms with van der Waals surface area (Å²) in [6, 6.07) is 6.66. The molecule has 0 saturated carbocycles.